The lowest BCUT2D eigenvalue weighted by Gasteiger charge is -2.10. The lowest BCUT2D eigenvalue weighted by molar-refractivity contribution is -0.123. The quantitative estimate of drug-likeness (QED) is 0.739. The number of methoxy groups -OCH3 is 1. The molecule has 126 valence electrons. The Bertz CT molecular complexity index is 737. The molecule has 0 aliphatic rings. The van der Waals surface area contributed by atoms with Gasteiger partial charge >= 0.3 is 0 Å². The number of benzene rings is 2. The molecule has 0 aromatic heterocycles. The van der Waals surface area contributed by atoms with Crippen molar-refractivity contribution in [1.29, 1.82) is 0 Å². The average Bonchev–Trinajstić information content (AvgIpc) is 2.59. The molecule has 24 heavy (non-hydrogen) atoms. The summed E-state index contributed by atoms with van der Waals surface area (Å²) in [5, 5.41) is 0.574. The molecule has 0 atom stereocenters. The highest BCUT2D eigenvalue weighted by atomic mass is 79.9. The minimum atomic E-state index is -0.495. The third-order valence-electron chi connectivity index (χ3n) is 2.91. The fraction of sp³-hybridized carbons (Fsp3) is 0.125. The monoisotopic (exact) mass is 412 g/mol. The zero-order valence-electron chi connectivity index (χ0n) is 12.6. The van der Waals surface area contributed by atoms with Gasteiger partial charge in [-0.2, -0.15) is 0 Å². The third-order valence-corrected chi connectivity index (χ3v) is 3.78. The highest BCUT2D eigenvalue weighted by Gasteiger charge is 2.10. The minimum absolute atomic E-state index is 0.242. The molecule has 2 aromatic carbocycles. The zero-order valence-corrected chi connectivity index (χ0v) is 15.0. The van der Waals surface area contributed by atoms with Gasteiger partial charge in [-0.15, -0.1) is 0 Å². The molecule has 0 aliphatic carbocycles. The molecule has 6 nitrogen and oxygen atoms in total. The summed E-state index contributed by atoms with van der Waals surface area (Å²) in [6.45, 7) is -0.242. The summed E-state index contributed by atoms with van der Waals surface area (Å²) in [6.07, 6.45) is 0. The van der Waals surface area contributed by atoms with Crippen molar-refractivity contribution < 1.29 is 19.1 Å². The van der Waals surface area contributed by atoms with Gasteiger partial charge in [-0.25, -0.2) is 0 Å². The van der Waals surface area contributed by atoms with Crippen LogP contribution in [0.1, 0.15) is 10.4 Å². The van der Waals surface area contributed by atoms with Gasteiger partial charge in [-0.3, -0.25) is 20.4 Å². The molecule has 2 amide bonds. The molecule has 0 fully saturated rings. The molecule has 0 bridgehead atoms. The summed E-state index contributed by atoms with van der Waals surface area (Å²) >= 11 is 9.04. The first-order valence-electron chi connectivity index (χ1n) is 6.80. The van der Waals surface area contributed by atoms with Crippen molar-refractivity contribution in [3.05, 3.63) is 57.5 Å². The smallest absolute Gasteiger partial charge is 0.276 e. The Morgan fingerprint density at radius 1 is 1.12 bits per heavy atom. The molecule has 2 aromatic rings. The van der Waals surface area contributed by atoms with Crippen LogP contribution in [0.5, 0.6) is 11.5 Å². The van der Waals surface area contributed by atoms with E-state index in [0.29, 0.717) is 26.6 Å². The number of nitrogens with one attached hydrogen (secondary N) is 2. The SMILES string of the molecule is COc1ccc(C(=O)NNC(=O)COc2ccc(Cl)cc2)cc1Br. The van der Waals surface area contributed by atoms with Crippen LogP contribution in [0.25, 0.3) is 0 Å². The van der Waals surface area contributed by atoms with Gasteiger partial charge in [-0.05, 0) is 58.4 Å². The van der Waals surface area contributed by atoms with Crippen molar-refractivity contribution in [3.63, 3.8) is 0 Å². The van der Waals surface area contributed by atoms with Crippen LogP contribution in [-0.4, -0.2) is 25.5 Å². The van der Waals surface area contributed by atoms with Crippen molar-refractivity contribution in [1.82, 2.24) is 10.9 Å². The number of ether oxygens (including phenoxy) is 2. The van der Waals surface area contributed by atoms with Gasteiger partial charge in [0.1, 0.15) is 11.5 Å². The summed E-state index contributed by atoms with van der Waals surface area (Å²) < 4.78 is 11.0. The van der Waals surface area contributed by atoms with Crippen LogP contribution in [0, 0.1) is 0 Å². The van der Waals surface area contributed by atoms with Crippen molar-refractivity contribution in [2.24, 2.45) is 0 Å². The number of carbonyl (C=O) groups is 2. The lowest BCUT2D eigenvalue weighted by Crippen LogP contribution is -2.43. The fourth-order valence-corrected chi connectivity index (χ4v) is 2.39. The number of carbonyl (C=O) groups excluding carboxylic acids is 2. The van der Waals surface area contributed by atoms with E-state index in [1.807, 2.05) is 0 Å². The summed E-state index contributed by atoms with van der Waals surface area (Å²) in [5.41, 5.74) is 4.94. The van der Waals surface area contributed by atoms with Crippen molar-refractivity contribution in [2.45, 2.75) is 0 Å². The lowest BCUT2D eigenvalue weighted by atomic mass is 10.2. The van der Waals surface area contributed by atoms with Crippen LogP contribution in [0.3, 0.4) is 0 Å². The second-order valence-electron chi connectivity index (χ2n) is 4.59. The first kappa shape index (κ1) is 18.1. The van der Waals surface area contributed by atoms with Crippen LogP contribution in [0.2, 0.25) is 5.02 Å². The van der Waals surface area contributed by atoms with Crippen LogP contribution in [0.4, 0.5) is 0 Å². The largest absolute Gasteiger partial charge is 0.496 e. The maximum Gasteiger partial charge on any atom is 0.276 e. The van der Waals surface area contributed by atoms with Gasteiger partial charge in [0, 0.05) is 10.6 Å². The number of halogens is 2. The highest BCUT2D eigenvalue weighted by molar-refractivity contribution is 9.10. The molecule has 0 radical (unpaired) electrons. The Morgan fingerprint density at radius 3 is 2.46 bits per heavy atom. The summed E-state index contributed by atoms with van der Waals surface area (Å²) in [5.74, 6) is 0.149. The van der Waals surface area contributed by atoms with Gasteiger partial charge < -0.3 is 9.47 Å². The zero-order chi connectivity index (χ0) is 17.5. The summed E-state index contributed by atoms with van der Waals surface area (Å²) in [7, 11) is 1.53. The molecule has 2 N–H and O–H groups in total. The number of hydrogen-bond acceptors (Lipinski definition) is 4. The van der Waals surface area contributed by atoms with Gasteiger partial charge in [0.05, 0.1) is 11.6 Å². The maximum atomic E-state index is 12.0. The Labute approximate surface area is 152 Å². The molecule has 8 heteroatoms. The van der Waals surface area contributed by atoms with E-state index in [4.69, 9.17) is 21.1 Å². The second kappa shape index (κ2) is 8.56. The van der Waals surface area contributed by atoms with Gasteiger partial charge in [-0.1, -0.05) is 11.6 Å². The third kappa shape index (κ3) is 5.14. The first-order valence-corrected chi connectivity index (χ1v) is 7.98. The Hall–Kier alpha value is -2.25. The molecule has 0 aliphatic heterocycles. The topological polar surface area (TPSA) is 76.7 Å². The Morgan fingerprint density at radius 2 is 1.83 bits per heavy atom. The molecule has 0 heterocycles. The van der Waals surface area contributed by atoms with Crippen molar-refractivity contribution >= 4 is 39.3 Å². The van der Waals surface area contributed by atoms with E-state index in [9.17, 15) is 9.59 Å². The maximum absolute atomic E-state index is 12.0. The van der Waals surface area contributed by atoms with Crippen LogP contribution in [-0.2, 0) is 4.79 Å². The summed E-state index contributed by atoms with van der Waals surface area (Å²) in [6, 6.07) is 11.4. The van der Waals surface area contributed by atoms with Crippen LogP contribution >= 0.6 is 27.5 Å². The van der Waals surface area contributed by atoms with Gasteiger partial charge in [0.2, 0.25) is 0 Å². The van der Waals surface area contributed by atoms with E-state index < -0.39 is 11.8 Å². The molecule has 0 unspecified atom stereocenters. The van der Waals surface area contributed by atoms with Crippen molar-refractivity contribution in [3.8, 4) is 11.5 Å². The molecule has 0 spiro atoms. The molecule has 2 rings (SSSR count). The Balaban J connectivity index is 1.81. The number of rotatable bonds is 5. The highest BCUT2D eigenvalue weighted by Crippen LogP contribution is 2.25. The number of hydrazine groups is 1. The van der Waals surface area contributed by atoms with Crippen molar-refractivity contribution in [2.75, 3.05) is 13.7 Å². The van der Waals surface area contributed by atoms with E-state index in [1.165, 1.54) is 7.11 Å². The summed E-state index contributed by atoms with van der Waals surface area (Å²) in [4.78, 5) is 23.7. The van der Waals surface area contributed by atoms with E-state index in [-0.39, 0.29) is 6.61 Å². The van der Waals surface area contributed by atoms with Crippen LogP contribution < -0.4 is 20.3 Å². The van der Waals surface area contributed by atoms with E-state index in [2.05, 4.69) is 26.8 Å². The average molecular weight is 414 g/mol. The Kier molecular flexibility index (Phi) is 6.45. The van der Waals surface area contributed by atoms with Gasteiger partial charge in [0.15, 0.2) is 6.61 Å². The van der Waals surface area contributed by atoms with E-state index in [0.717, 1.165) is 0 Å². The van der Waals surface area contributed by atoms with Gasteiger partial charge in [0.25, 0.3) is 11.8 Å². The molecule has 0 saturated heterocycles. The molecular weight excluding hydrogens is 400 g/mol. The standard InChI is InChI=1S/C16H14BrClN2O4/c1-23-14-7-2-10(8-13(14)17)16(22)20-19-15(21)9-24-12-5-3-11(18)4-6-12/h2-8H,9H2,1H3,(H,19,21)(H,20,22). The predicted molar refractivity (Wildman–Crippen MR) is 93.2 cm³/mol. The molecular formula is C16H14BrClN2O4. The fourth-order valence-electron chi connectivity index (χ4n) is 1.72. The second-order valence-corrected chi connectivity index (χ2v) is 5.88. The minimum Gasteiger partial charge on any atom is -0.496 e. The number of hydrogen-bond donors (Lipinski definition) is 2. The van der Waals surface area contributed by atoms with E-state index in [1.54, 1.807) is 42.5 Å². The molecule has 0 saturated carbocycles. The van der Waals surface area contributed by atoms with Crippen LogP contribution in [0.15, 0.2) is 46.9 Å². The normalized spacial score (nSPS) is 9.96. The number of amides is 2. The predicted octanol–water partition coefficient (Wildman–Crippen LogP) is 2.95. The van der Waals surface area contributed by atoms with E-state index >= 15 is 0 Å². The first-order chi connectivity index (χ1) is 11.5.